The van der Waals surface area contributed by atoms with Crippen LogP contribution in [0.4, 0.5) is 9.52 Å². The number of hydrogen-bond donors (Lipinski definition) is 1. The van der Waals surface area contributed by atoms with Crippen molar-refractivity contribution in [2.24, 2.45) is 0 Å². The molecule has 0 fully saturated rings. The van der Waals surface area contributed by atoms with Gasteiger partial charge in [-0.1, -0.05) is 23.5 Å². The summed E-state index contributed by atoms with van der Waals surface area (Å²) in [5.74, 6) is -0.866. The maximum atomic E-state index is 12.9. The Kier molecular flexibility index (Phi) is 3.80. The van der Waals surface area contributed by atoms with E-state index >= 15 is 0 Å². The maximum Gasteiger partial charge on any atom is 0.358 e. The molecule has 1 aromatic carbocycles. The number of hydrogen-bond acceptors (Lipinski definition) is 5. The number of nitrogens with zero attached hydrogens (tertiary/aromatic N) is 1. The Morgan fingerprint density at radius 1 is 1.37 bits per heavy atom. The summed E-state index contributed by atoms with van der Waals surface area (Å²) in [6.45, 7) is 3.51. The van der Waals surface area contributed by atoms with Crippen molar-refractivity contribution in [3.63, 3.8) is 0 Å². The van der Waals surface area contributed by atoms with Crippen LogP contribution in [0.2, 0.25) is 0 Å². The quantitative estimate of drug-likeness (QED) is 0.877. The molecule has 100 valence electrons. The maximum absolute atomic E-state index is 12.9. The van der Waals surface area contributed by atoms with Gasteiger partial charge in [-0.2, -0.15) is 0 Å². The molecule has 2 rings (SSSR count). The monoisotopic (exact) mass is 280 g/mol. The molecule has 1 aromatic heterocycles. The Bertz CT molecular complexity index is 593. The lowest BCUT2D eigenvalue weighted by molar-refractivity contribution is 0.0373. The van der Waals surface area contributed by atoms with Gasteiger partial charge in [0.05, 0.1) is 11.0 Å². The molecule has 0 aliphatic rings. The Morgan fingerprint density at radius 2 is 2.00 bits per heavy atom. The van der Waals surface area contributed by atoms with Gasteiger partial charge in [-0.15, -0.1) is 0 Å². The van der Waals surface area contributed by atoms with Crippen LogP contribution in [0.15, 0.2) is 24.3 Å². The van der Waals surface area contributed by atoms with Crippen LogP contribution in [-0.2, 0) is 4.74 Å². The van der Waals surface area contributed by atoms with E-state index in [0.29, 0.717) is 10.4 Å². The van der Waals surface area contributed by atoms with E-state index in [1.165, 1.54) is 23.5 Å². The minimum atomic E-state index is -0.526. The highest BCUT2D eigenvalue weighted by Gasteiger charge is 2.20. The zero-order valence-corrected chi connectivity index (χ0v) is 11.3. The summed E-state index contributed by atoms with van der Waals surface area (Å²) in [6, 6.07) is 5.80. The zero-order valence-electron chi connectivity index (χ0n) is 10.5. The topological polar surface area (TPSA) is 65.2 Å². The van der Waals surface area contributed by atoms with Gasteiger partial charge in [-0.05, 0) is 31.5 Å². The lowest BCUT2D eigenvalue weighted by atomic mass is 10.1. The number of aromatic nitrogens is 1. The van der Waals surface area contributed by atoms with E-state index in [1.54, 1.807) is 26.0 Å². The van der Waals surface area contributed by atoms with E-state index in [2.05, 4.69) is 4.98 Å². The van der Waals surface area contributed by atoms with Crippen molar-refractivity contribution in [3.8, 4) is 10.4 Å². The summed E-state index contributed by atoms with van der Waals surface area (Å²) in [7, 11) is 0. The van der Waals surface area contributed by atoms with E-state index in [1.807, 2.05) is 0 Å². The van der Waals surface area contributed by atoms with Crippen LogP contribution in [0.3, 0.4) is 0 Å². The van der Waals surface area contributed by atoms with Gasteiger partial charge in [0.15, 0.2) is 10.8 Å². The van der Waals surface area contributed by atoms with E-state index in [4.69, 9.17) is 10.5 Å². The minimum Gasteiger partial charge on any atom is -0.458 e. The van der Waals surface area contributed by atoms with E-state index in [9.17, 15) is 9.18 Å². The predicted octanol–water partition coefficient (Wildman–Crippen LogP) is 3.10. The average Bonchev–Trinajstić information content (AvgIpc) is 2.71. The van der Waals surface area contributed by atoms with Crippen molar-refractivity contribution >= 4 is 22.4 Å². The van der Waals surface area contributed by atoms with Crippen molar-refractivity contribution in [1.29, 1.82) is 0 Å². The fourth-order valence-electron chi connectivity index (χ4n) is 1.54. The molecular formula is C13H13FN2O2S. The Morgan fingerprint density at radius 3 is 2.58 bits per heavy atom. The first-order valence-electron chi connectivity index (χ1n) is 5.70. The molecule has 2 N–H and O–H groups in total. The molecule has 0 saturated carbocycles. The summed E-state index contributed by atoms with van der Waals surface area (Å²) < 4.78 is 18.0. The number of nitrogen functional groups attached to an aromatic ring is 1. The molecule has 0 unspecified atom stereocenters. The summed E-state index contributed by atoms with van der Waals surface area (Å²) in [5, 5.41) is 0.273. The van der Waals surface area contributed by atoms with Gasteiger partial charge >= 0.3 is 5.97 Å². The van der Waals surface area contributed by atoms with E-state index in [0.717, 1.165) is 0 Å². The highest BCUT2D eigenvalue weighted by Crippen LogP contribution is 2.32. The first-order valence-corrected chi connectivity index (χ1v) is 6.52. The largest absolute Gasteiger partial charge is 0.458 e. The molecule has 0 bridgehead atoms. The van der Waals surface area contributed by atoms with Crippen LogP contribution in [-0.4, -0.2) is 17.1 Å². The lowest BCUT2D eigenvalue weighted by Gasteiger charge is -2.07. The van der Waals surface area contributed by atoms with Gasteiger partial charge in [0, 0.05) is 0 Å². The number of anilines is 1. The van der Waals surface area contributed by atoms with E-state index in [-0.39, 0.29) is 22.7 Å². The fourth-order valence-corrected chi connectivity index (χ4v) is 2.37. The summed E-state index contributed by atoms with van der Waals surface area (Å²) >= 11 is 1.17. The second kappa shape index (κ2) is 5.36. The first-order chi connectivity index (χ1) is 8.97. The molecule has 4 nitrogen and oxygen atoms in total. The fraction of sp³-hybridized carbons (Fsp3) is 0.231. The third-order valence-electron chi connectivity index (χ3n) is 2.29. The Balaban J connectivity index is 2.41. The number of benzene rings is 1. The van der Waals surface area contributed by atoms with Gasteiger partial charge in [-0.3, -0.25) is 0 Å². The van der Waals surface area contributed by atoms with Crippen LogP contribution < -0.4 is 5.73 Å². The number of nitrogens with two attached hydrogens (primary N) is 1. The average molecular weight is 280 g/mol. The predicted molar refractivity (Wildman–Crippen MR) is 72.5 cm³/mol. The summed E-state index contributed by atoms with van der Waals surface area (Å²) in [4.78, 5) is 16.5. The molecule has 0 amide bonds. The SMILES string of the molecule is CC(C)OC(=O)c1nc(N)sc1-c1ccc(F)cc1. The van der Waals surface area contributed by atoms with Crippen molar-refractivity contribution in [3.05, 3.63) is 35.8 Å². The van der Waals surface area contributed by atoms with Crippen LogP contribution in [0.25, 0.3) is 10.4 Å². The minimum absolute atomic E-state index is 0.169. The van der Waals surface area contributed by atoms with Crippen LogP contribution >= 0.6 is 11.3 Å². The second-order valence-corrected chi connectivity index (χ2v) is 5.22. The number of halogens is 1. The number of carbonyl (C=O) groups is 1. The van der Waals surface area contributed by atoms with Crippen molar-refractivity contribution < 1.29 is 13.9 Å². The molecule has 6 heteroatoms. The number of carbonyl (C=O) groups excluding carboxylic acids is 1. The molecule has 0 radical (unpaired) electrons. The standard InChI is InChI=1S/C13H13FN2O2S/c1-7(2)18-12(17)10-11(19-13(15)16-10)8-3-5-9(14)6-4-8/h3-7H,1-2H3,(H2,15,16). The van der Waals surface area contributed by atoms with E-state index < -0.39 is 5.97 Å². The lowest BCUT2D eigenvalue weighted by Crippen LogP contribution is -2.12. The number of thiazole rings is 1. The molecule has 0 aliphatic carbocycles. The molecule has 0 spiro atoms. The Hall–Kier alpha value is -1.95. The number of rotatable bonds is 3. The molecule has 1 heterocycles. The third-order valence-corrected chi connectivity index (χ3v) is 3.22. The number of ether oxygens (including phenoxy) is 1. The molecule has 19 heavy (non-hydrogen) atoms. The molecule has 0 aliphatic heterocycles. The normalized spacial score (nSPS) is 10.7. The highest BCUT2D eigenvalue weighted by atomic mass is 32.1. The van der Waals surface area contributed by atoms with Gasteiger partial charge in [0.1, 0.15) is 5.82 Å². The van der Waals surface area contributed by atoms with Crippen LogP contribution in [0, 0.1) is 5.82 Å². The van der Waals surface area contributed by atoms with Gasteiger partial charge in [0.25, 0.3) is 0 Å². The van der Waals surface area contributed by atoms with Crippen LogP contribution in [0.5, 0.6) is 0 Å². The number of esters is 1. The van der Waals surface area contributed by atoms with Crippen molar-refractivity contribution in [2.45, 2.75) is 20.0 Å². The summed E-state index contributed by atoms with van der Waals surface area (Å²) in [5.41, 5.74) is 6.50. The van der Waals surface area contributed by atoms with Gasteiger partial charge in [-0.25, -0.2) is 14.2 Å². The molecular weight excluding hydrogens is 267 g/mol. The van der Waals surface area contributed by atoms with Crippen molar-refractivity contribution in [2.75, 3.05) is 5.73 Å². The zero-order chi connectivity index (χ0) is 14.0. The second-order valence-electron chi connectivity index (χ2n) is 4.19. The third kappa shape index (κ3) is 3.08. The smallest absolute Gasteiger partial charge is 0.358 e. The molecule has 2 aromatic rings. The Labute approximate surface area is 114 Å². The van der Waals surface area contributed by atoms with Crippen molar-refractivity contribution in [1.82, 2.24) is 4.98 Å². The van der Waals surface area contributed by atoms with Crippen LogP contribution in [0.1, 0.15) is 24.3 Å². The first kappa shape index (κ1) is 13.5. The van der Waals surface area contributed by atoms with Gasteiger partial charge in [0.2, 0.25) is 0 Å². The van der Waals surface area contributed by atoms with Gasteiger partial charge < -0.3 is 10.5 Å². The summed E-state index contributed by atoms with van der Waals surface area (Å²) in [6.07, 6.45) is -0.239. The molecule has 0 saturated heterocycles. The molecule has 0 atom stereocenters. The highest BCUT2D eigenvalue weighted by molar-refractivity contribution is 7.19.